The lowest BCUT2D eigenvalue weighted by Gasteiger charge is -2.34. The zero-order valence-electron chi connectivity index (χ0n) is 18.0. The van der Waals surface area contributed by atoms with E-state index in [-0.39, 0.29) is 11.8 Å². The molecule has 6 nitrogen and oxygen atoms in total. The van der Waals surface area contributed by atoms with Gasteiger partial charge in [-0.3, -0.25) is 4.79 Å². The number of benzene rings is 1. The van der Waals surface area contributed by atoms with Crippen LogP contribution in [0, 0.1) is 11.8 Å². The predicted molar refractivity (Wildman–Crippen MR) is 119 cm³/mol. The van der Waals surface area contributed by atoms with Crippen LogP contribution in [-0.4, -0.2) is 42.3 Å². The molecule has 1 N–H and O–H groups in total. The summed E-state index contributed by atoms with van der Waals surface area (Å²) >= 11 is 0. The third-order valence-corrected chi connectivity index (χ3v) is 6.67. The number of carbonyl (C=O) groups is 1. The van der Waals surface area contributed by atoms with E-state index in [4.69, 9.17) is 4.74 Å². The molecule has 1 aliphatic heterocycles. The van der Waals surface area contributed by atoms with E-state index < -0.39 is 0 Å². The molecule has 30 heavy (non-hydrogen) atoms. The Labute approximate surface area is 179 Å². The van der Waals surface area contributed by atoms with Gasteiger partial charge in [-0.1, -0.05) is 19.8 Å². The molecule has 1 aromatic carbocycles. The lowest BCUT2D eigenvalue weighted by Crippen LogP contribution is -2.46. The van der Waals surface area contributed by atoms with Gasteiger partial charge in [-0.25, -0.2) is 0 Å². The summed E-state index contributed by atoms with van der Waals surface area (Å²) in [7, 11) is 1.66. The van der Waals surface area contributed by atoms with Crippen LogP contribution in [-0.2, 0) is 4.79 Å². The summed E-state index contributed by atoms with van der Waals surface area (Å²) in [5.41, 5.74) is 1.86. The van der Waals surface area contributed by atoms with Crippen LogP contribution >= 0.6 is 0 Å². The van der Waals surface area contributed by atoms with E-state index >= 15 is 0 Å². The Hall–Kier alpha value is -2.63. The molecule has 2 atom stereocenters. The maximum Gasteiger partial charge on any atom is 0.223 e. The number of nitrogens with zero attached hydrogens (tertiary/aromatic N) is 3. The predicted octanol–water partition coefficient (Wildman–Crippen LogP) is 4.06. The fourth-order valence-corrected chi connectivity index (χ4v) is 4.61. The highest BCUT2D eigenvalue weighted by Gasteiger charge is 2.29. The molecule has 1 aromatic heterocycles. The molecule has 0 spiro atoms. The molecule has 1 saturated heterocycles. The number of aromatic nitrogens is 2. The Bertz CT molecular complexity index is 829. The minimum atomic E-state index is 0.113. The summed E-state index contributed by atoms with van der Waals surface area (Å²) in [4.78, 5) is 15.0. The summed E-state index contributed by atoms with van der Waals surface area (Å²) < 4.78 is 5.21. The van der Waals surface area contributed by atoms with Crippen molar-refractivity contribution < 1.29 is 9.53 Å². The molecule has 1 amide bonds. The van der Waals surface area contributed by atoms with E-state index in [9.17, 15) is 4.79 Å². The number of hydrogen-bond donors (Lipinski definition) is 1. The van der Waals surface area contributed by atoms with E-state index in [0.29, 0.717) is 12.0 Å². The van der Waals surface area contributed by atoms with E-state index in [1.165, 1.54) is 19.3 Å². The maximum atomic E-state index is 12.7. The van der Waals surface area contributed by atoms with Gasteiger partial charge < -0.3 is 15.0 Å². The van der Waals surface area contributed by atoms with Crippen LogP contribution in [0.2, 0.25) is 0 Å². The molecule has 0 radical (unpaired) electrons. The smallest absolute Gasteiger partial charge is 0.223 e. The lowest BCUT2D eigenvalue weighted by atomic mass is 9.85. The van der Waals surface area contributed by atoms with Crippen molar-refractivity contribution in [2.45, 2.75) is 51.5 Å². The Morgan fingerprint density at radius 3 is 2.37 bits per heavy atom. The topological polar surface area (TPSA) is 67.3 Å². The number of anilines is 1. The average molecular weight is 409 g/mol. The van der Waals surface area contributed by atoms with E-state index in [0.717, 1.165) is 55.2 Å². The molecule has 6 heteroatoms. The molecule has 4 rings (SSSR count). The Kier molecular flexibility index (Phi) is 6.50. The van der Waals surface area contributed by atoms with Gasteiger partial charge in [-0.05, 0) is 68.0 Å². The van der Waals surface area contributed by atoms with Crippen LogP contribution < -0.4 is 15.0 Å². The van der Waals surface area contributed by atoms with Crippen molar-refractivity contribution in [3.05, 3.63) is 36.4 Å². The third kappa shape index (κ3) is 4.74. The van der Waals surface area contributed by atoms with Gasteiger partial charge in [0.2, 0.25) is 5.91 Å². The monoisotopic (exact) mass is 408 g/mol. The van der Waals surface area contributed by atoms with Gasteiger partial charge in [0.05, 0.1) is 12.8 Å². The summed E-state index contributed by atoms with van der Waals surface area (Å²) in [5.74, 6) is 2.67. The summed E-state index contributed by atoms with van der Waals surface area (Å²) in [6.07, 6.45) is 6.63. The summed E-state index contributed by atoms with van der Waals surface area (Å²) in [6.45, 7) is 3.95. The highest BCUT2D eigenvalue weighted by atomic mass is 16.5. The van der Waals surface area contributed by atoms with Gasteiger partial charge in [-0.2, -0.15) is 0 Å². The molecule has 2 fully saturated rings. The van der Waals surface area contributed by atoms with Gasteiger partial charge >= 0.3 is 0 Å². The number of methoxy groups -OCH3 is 1. The molecular weight excluding hydrogens is 376 g/mol. The second-order valence-electron chi connectivity index (χ2n) is 8.64. The van der Waals surface area contributed by atoms with Crippen LogP contribution in [0.1, 0.15) is 45.4 Å². The molecule has 160 valence electrons. The van der Waals surface area contributed by atoms with Crippen molar-refractivity contribution in [3.8, 4) is 17.0 Å². The molecule has 1 aliphatic carbocycles. The van der Waals surface area contributed by atoms with Gasteiger partial charge in [0.15, 0.2) is 5.82 Å². The molecule has 2 unspecified atom stereocenters. The third-order valence-electron chi connectivity index (χ3n) is 6.67. The fourth-order valence-electron chi connectivity index (χ4n) is 4.61. The van der Waals surface area contributed by atoms with Crippen LogP contribution in [0.3, 0.4) is 0 Å². The number of hydrogen-bond acceptors (Lipinski definition) is 5. The Balaban J connectivity index is 1.30. The summed E-state index contributed by atoms with van der Waals surface area (Å²) in [6, 6.07) is 12.2. The van der Waals surface area contributed by atoms with Crippen LogP contribution in [0.4, 0.5) is 5.82 Å². The van der Waals surface area contributed by atoms with Crippen molar-refractivity contribution in [3.63, 3.8) is 0 Å². The fraction of sp³-hybridized carbons (Fsp3) is 0.542. The largest absolute Gasteiger partial charge is 0.497 e. The van der Waals surface area contributed by atoms with E-state index in [1.807, 2.05) is 36.4 Å². The number of carbonyl (C=O) groups excluding carboxylic acids is 1. The molecular formula is C24H32N4O2. The Morgan fingerprint density at radius 1 is 1.00 bits per heavy atom. The van der Waals surface area contributed by atoms with Crippen molar-refractivity contribution in [2.75, 3.05) is 25.1 Å². The SMILES string of the molecule is COc1ccc(-c2ccc(N3CCC(C(=O)NC4CCCCC4C)CC3)nn2)cc1. The van der Waals surface area contributed by atoms with Crippen molar-refractivity contribution in [1.82, 2.24) is 15.5 Å². The van der Waals surface area contributed by atoms with Crippen LogP contribution in [0.5, 0.6) is 5.75 Å². The van der Waals surface area contributed by atoms with Crippen LogP contribution in [0.25, 0.3) is 11.3 Å². The average Bonchev–Trinajstić information content (AvgIpc) is 2.81. The number of piperidine rings is 1. The normalized spacial score (nSPS) is 22.5. The maximum absolute atomic E-state index is 12.7. The number of nitrogens with one attached hydrogen (secondary N) is 1. The number of rotatable bonds is 5. The first-order valence-corrected chi connectivity index (χ1v) is 11.2. The molecule has 2 aromatic rings. The van der Waals surface area contributed by atoms with E-state index in [2.05, 4.69) is 27.3 Å². The Morgan fingerprint density at radius 2 is 1.73 bits per heavy atom. The molecule has 2 aliphatic rings. The number of ether oxygens (including phenoxy) is 1. The van der Waals surface area contributed by atoms with Gasteiger partial charge in [0.25, 0.3) is 0 Å². The second-order valence-corrected chi connectivity index (χ2v) is 8.64. The standard InChI is InChI=1S/C24H32N4O2/c1-17-5-3-4-6-21(17)25-24(29)19-13-15-28(16-14-19)23-12-11-22(26-27-23)18-7-9-20(30-2)10-8-18/h7-12,17,19,21H,3-6,13-16H2,1-2H3,(H,25,29). The van der Waals surface area contributed by atoms with Gasteiger partial charge in [-0.15, -0.1) is 10.2 Å². The quantitative estimate of drug-likeness (QED) is 0.808. The molecule has 2 heterocycles. The van der Waals surface area contributed by atoms with Crippen LogP contribution in [0.15, 0.2) is 36.4 Å². The number of amides is 1. The molecule has 1 saturated carbocycles. The zero-order valence-corrected chi connectivity index (χ0v) is 18.0. The highest BCUT2D eigenvalue weighted by molar-refractivity contribution is 5.79. The molecule has 0 bridgehead atoms. The second kappa shape index (κ2) is 9.45. The first-order valence-electron chi connectivity index (χ1n) is 11.2. The van der Waals surface area contributed by atoms with Crippen molar-refractivity contribution in [1.29, 1.82) is 0 Å². The minimum absolute atomic E-state index is 0.113. The minimum Gasteiger partial charge on any atom is -0.497 e. The first-order chi connectivity index (χ1) is 14.6. The first kappa shape index (κ1) is 20.6. The summed E-state index contributed by atoms with van der Waals surface area (Å²) in [5, 5.41) is 12.2. The van der Waals surface area contributed by atoms with E-state index in [1.54, 1.807) is 7.11 Å². The van der Waals surface area contributed by atoms with Gasteiger partial charge in [0, 0.05) is 30.6 Å². The highest BCUT2D eigenvalue weighted by Crippen LogP contribution is 2.27. The van der Waals surface area contributed by atoms with Crippen molar-refractivity contribution >= 4 is 11.7 Å². The zero-order chi connectivity index (χ0) is 20.9. The van der Waals surface area contributed by atoms with Crippen molar-refractivity contribution in [2.24, 2.45) is 11.8 Å². The lowest BCUT2D eigenvalue weighted by molar-refractivity contribution is -0.126. The van der Waals surface area contributed by atoms with Gasteiger partial charge in [0.1, 0.15) is 5.75 Å².